The molecule has 0 heterocycles. The topological polar surface area (TPSA) is 61.7 Å². The lowest BCUT2D eigenvalue weighted by molar-refractivity contribution is -0.122. The van der Waals surface area contributed by atoms with E-state index in [1.807, 2.05) is 6.07 Å². The van der Waals surface area contributed by atoms with Gasteiger partial charge in [-0.05, 0) is 43.5 Å². The summed E-state index contributed by atoms with van der Waals surface area (Å²) in [5.74, 6) is -0.169. The van der Waals surface area contributed by atoms with Crippen LogP contribution >= 0.6 is 0 Å². The van der Waals surface area contributed by atoms with E-state index < -0.39 is 0 Å². The molecule has 1 aliphatic rings. The third kappa shape index (κ3) is 3.66. The molecule has 1 saturated carbocycles. The highest BCUT2D eigenvalue weighted by molar-refractivity contribution is 5.88. The predicted molar refractivity (Wildman–Crippen MR) is 115 cm³/mol. The Balaban J connectivity index is 1.58. The number of para-hydroxylation sites is 1. The minimum Gasteiger partial charge on any atom is -0.507 e. The van der Waals surface area contributed by atoms with Gasteiger partial charge in [0.25, 0.3) is 0 Å². The Morgan fingerprint density at radius 3 is 2.07 bits per heavy atom. The molecule has 4 heteroatoms. The van der Waals surface area contributed by atoms with Gasteiger partial charge in [-0.2, -0.15) is 5.10 Å². The molecule has 3 aromatic rings. The molecule has 4 nitrogen and oxygen atoms in total. The molecule has 0 radical (unpaired) electrons. The predicted octanol–water partition coefficient (Wildman–Crippen LogP) is 4.47. The quantitative estimate of drug-likeness (QED) is 0.504. The summed E-state index contributed by atoms with van der Waals surface area (Å²) in [6.45, 7) is 4.13. The molecule has 1 fully saturated rings. The van der Waals surface area contributed by atoms with Gasteiger partial charge in [0.15, 0.2) is 0 Å². The number of nitrogens with one attached hydrogen (secondary N) is 1. The maximum absolute atomic E-state index is 12.9. The molecule has 0 aliphatic heterocycles. The van der Waals surface area contributed by atoms with Crippen molar-refractivity contribution in [2.75, 3.05) is 0 Å². The van der Waals surface area contributed by atoms with Crippen molar-refractivity contribution in [2.45, 2.75) is 25.7 Å². The van der Waals surface area contributed by atoms with Gasteiger partial charge in [0.2, 0.25) is 5.91 Å². The van der Waals surface area contributed by atoms with Crippen molar-refractivity contribution < 1.29 is 9.90 Å². The van der Waals surface area contributed by atoms with E-state index in [9.17, 15) is 9.90 Å². The number of rotatable bonds is 5. The number of nitrogens with zero attached hydrogens (tertiary/aromatic N) is 1. The summed E-state index contributed by atoms with van der Waals surface area (Å²) in [5.41, 5.74) is 7.59. The average molecular weight is 384 g/mol. The Bertz CT molecular complexity index is 1010. The zero-order valence-corrected chi connectivity index (χ0v) is 16.6. The van der Waals surface area contributed by atoms with E-state index in [1.165, 1.54) is 17.3 Å². The largest absolute Gasteiger partial charge is 0.507 e. The normalized spacial score (nSPS) is 17.2. The number of carbonyl (C=O) groups is 1. The van der Waals surface area contributed by atoms with Gasteiger partial charge in [0, 0.05) is 11.0 Å². The van der Waals surface area contributed by atoms with E-state index in [4.69, 9.17) is 0 Å². The van der Waals surface area contributed by atoms with Crippen LogP contribution < -0.4 is 5.43 Å². The molecule has 0 aromatic heterocycles. The highest BCUT2D eigenvalue weighted by Crippen LogP contribution is 2.59. The van der Waals surface area contributed by atoms with Crippen LogP contribution in [0.15, 0.2) is 77.9 Å². The van der Waals surface area contributed by atoms with Gasteiger partial charge in [-0.1, -0.05) is 71.8 Å². The summed E-state index contributed by atoms with van der Waals surface area (Å²) in [7, 11) is 0. The van der Waals surface area contributed by atoms with Gasteiger partial charge in [-0.3, -0.25) is 4.79 Å². The zero-order chi connectivity index (χ0) is 20.4. The van der Waals surface area contributed by atoms with E-state index in [2.05, 4.69) is 72.9 Å². The maximum atomic E-state index is 12.9. The van der Waals surface area contributed by atoms with Crippen molar-refractivity contribution in [1.82, 2.24) is 5.43 Å². The second-order valence-corrected chi connectivity index (χ2v) is 7.75. The Kier molecular flexibility index (Phi) is 4.93. The van der Waals surface area contributed by atoms with Crippen LogP contribution in [0.1, 0.15) is 34.2 Å². The first-order valence-electron chi connectivity index (χ1n) is 9.76. The molecule has 1 amide bonds. The number of benzene rings is 3. The van der Waals surface area contributed by atoms with Gasteiger partial charge in [-0.15, -0.1) is 0 Å². The van der Waals surface area contributed by atoms with E-state index in [-0.39, 0.29) is 23.0 Å². The van der Waals surface area contributed by atoms with Crippen LogP contribution in [-0.4, -0.2) is 17.2 Å². The minimum atomic E-state index is -0.324. The molecule has 146 valence electrons. The number of phenolic OH excluding ortho intramolecular Hbond substituents is 1. The number of hydrogen-bond donors (Lipinski definition) is 2. The van der Waals surface area contributed by atoms with Crippen molar-refractivity contribution in [3.05, 3.63) is 101 Å². The van der Waals surface area contributed by atoms with Crippen LogP contribution in [0.2, 0.25) is 0 Å². The summed E-state index contributed by atoms with van der Waals surface area (Å²) in [4.78, 5) is 12.9. The fraction of sp³-hybridized carbons (Fsp3) is 0.200. The molecule has 1 aliphatic carbocycles. The Morgan fingerprint density at radius 1 is 0.966 bits per heavy atom. The van der Waals surface area contributed by atoms with Crippen LogP contribution in [0, 0.1) is 19.8 Å². The Morgan fingerprint density at radius 2 is 1.52 bits per heavy atom. The summed E-state index contributed by atoms with van der Waals surface area (Å²) >= 11 is 0. The SMILES string of the molecule is Cc1ccc(C2(c3ccc(C)cc3)CC2C(=O)N/N=C/c2ccccc2O)cc1. The van der Waals surface area contributed by atoms with Gasteiger partial charge in [0.05, 0.1) is 12.1 Å². The van der Waals surface area contributed by atoms with Crippen molar-refractivity contribution in [3.8, 4) is 5.75 Å². The molecule has 2 N–H and O–H groups in total. The van der Waals surface area contributed by atoms with E-state index >= 15 is 0 Å². The number of carbonyl (C=O) groups excluding carboxylic acids is 1. The molecule has 0 saturated heterocycles. The van der Waals surface area contributed by atoms with Gasteiger partial charge in [0.1, 0.15) is 5.75 Å². The first-order chi connectivity index (χ1) is 14.0. The number of aromatic hydroxyl groups is 1. The third-order valence-corrected chi connectivity index (χ3v) is 5.73. The maximum Gasteiger partial charge on any atom is 0.244 e. The fourth-order valence-corrected chi connectivity index (χ4v) is 3.93. The zero-order valence-electron chi connectivity index (χ0n) is 16.6. The summed E-state index contributed by atoms with van der Waals surface area (Å²) in [6.07, 6.45) is 2.21. The lowest BCUT2D eigenvalue weighted by Gasteiger charge is -2.19. The number of amides is 1. The molecule has 1 unspecified atom stereocenters. The fourth-order valence-electron chi connectivity index (χ4n) is 3.93. The molecule has 0 bridgehead atoms. The van der Waals surface area contributed by atoms with Gasteiger partial charge in [-0.25, -0.2) is 5.43 Å². The summed E-state index contributed by atoms with van der Waals surface area (Å²) in [6, 6.07) is 23.7. The third-order valence-electron chi connectivity index (χ3n) is 5.73. The highest BCUT2D eigenvalue weighted by atomic mass is 16.3. The molecule has 3 aromatic carbocycles. The van der Waals surface area contributed by atoms with E-state index in [0.29, 0.717) is 5.56 Å². The van der Waals surface area contributed by atoms with Crippen molar-refractivity contribution >= 4 is 12.1 Å². The molecule has 0 spiro atoms. The first kappa shape index (κ1) is 18.9. The van der Waals surface area contributed by atoms with Crippen LogP contribution in [0.5, 0.6) is 5.75 Å². The van der Waals surface area contributed by atoms with Gasteiger partial charge >= 0.3 is 0 Å². The van der Waals surface area contributed by atoms with Crippen molar-refractivity contribution in [1.29, 1.82) is 0 Å². The van der Waals surface area contributed by atoms with Crippen molar-refractivity contribution in [2.24, 2.45) is 11.0 Å². The van der Waals surface area contributed by atoms with Crippen LogP contribution in [0.25, 0.3) is 0 Å². The highest BCUT2D eigenvalue weighted by Gasteiger charge is 2.60. The van der Waals surface area contributed by atoms with Gasteiger partial charge < -0.3 is 5.11 Å². The van der Waals surface area contributed by atoms with Crippen LogP contribution in [-0.2, 0) is 10.2 Å². The number of phenols is 1. The van der Waals surface area contributed by atoms with Crippen LogP contribution in [0.4, 0.5) is 0 Å². The number of hydrazone groups is 1. The van der Waals surface area contributed by atoms with E-state index in [1.54, 1.807) is 18.2 Å². The first-order valence-corrected chi connectivity index (χ1v) is 9.76. The molecule has 1 atom stereocenters. The Hall–Kier alpha value is -3.40. The molecular formula is C25H24N2O2. The molecule has 4 rings (SSSR count). The standard InChI is InChI=1S/C25H24N2O2/c1-17-7-11-20(12-8-17)25(21-13-9-18(2)10-14-21)15-22(25)24(29)27-26-16-19-5-3-4-6-23(19)28/h3-14,16,22,28H,15H2,1-2H3,(H,27,29)/b26-16+. The summed E-state index contributed by atoms with van der Waals surface area (Å²) < 4.78 is 0. The second kappa shape index (κ2) is 7.55. The minimum absolute atomic E-state index is 0.113. The second-order valence-electron chi connectivity index (χ2n) is 7.75. The monoisotopic (exact) mass is 384 g/mol. The number of hydrogen-bond acceptors (Lipinski definition) is 3. The summed E-state index contributed by atoms with van der Waals surface area (Å²) in [5, 5.41) is 13.9. The van der Waals surface area contributed by atoms with Crippen LogP contribution in [0.3, 0.4) is 0 Å². The molecule has 29 heavy (non-hydrogen) atoms. The van der Waals surface area contributed by atoms with Crippen molar-refractivity contribution in [3.63, 3.8) is 0 Å². The average Bonchev–Trinajstić information content (AvgIpc) is 3.47. The number of aryl methyl sites for hydroxylation is 2. The van der Waals surface area contributed by atoms with E-state index in [0.717, 1.165) is 17.5 Å². The molecular weight excluding hydrogens is 360 g/mol. The lowest BCUT2D eigenvalue weighted by atomic mass is 9.85. The lowest BCUT2D eigenvalue weighted by Crippen LogP contribution is -2.25. The smallest absolute Gasteiger partial charge is 0.244 e. The Labute approximate surface area is 170 Å².